The maximum absolute atomic E-state index is 11.5. The van der Waals surface area contributed by atoms with Gasteiger partial charge in [0.2, 0.25) is 0 Å². The fourth-order valence-electron chi connectivity index (χ4n) is 4.02. The lowest BCUT2D eigenvalue weighted by Crippen LogP contribution is -2.44. The quantitative estimate of drug-likeness (QED) is 0.563. The van der Waals surface area contributed by atoms with Crippen LogP contribution >= 0.6 is 0 Å². The molecule has 0 saturated carbocycles. The number of pyridine rings is 1. The summed E-state index contributed by atoms with van der Waals surface area (Å²) in [7, 11) is 1.38. The second kappa shape index (κ2) is 9.51. The number of nitrogens with one attached hydrogen (secondary N) is 1. The molecule has 6 nitrogen and oxygen atoms in total. The molecular formula is C24H30N4O2. The average molecular weight is 407 g/mol. The van der Waals surface area contributed by atoms with Gasteiger partial charge in [-0.2, -0.15) is 0 Å². The SMILES string of the molecule is COC(=O)c1ccc(CN2CCC(NN3C[C@H]3/C(C)=C/c3ccccc3)CC2)nc1. The van der Waals surface area contributed by atoms with Crippen LogP contribution in [0.25, 0.3) is 6.08 Å². The highest BCUT2D eigenvalue weighted by atomic mass is 16.5. The first-order chi connectivity index (χ1) is 14.6. The van der Waals surface area contributed by atoms with Gasteiger partial charge in [0.05, 0.1) is 24.4 Å². The maximum atomic E-state index is 11.5. The molecule has 2 aliphatic rings. The van der Waals surface area contributed by atoms with Crippen LogP contribution < -0.4 is 5.43 Å². The molecule has 1 unspecified atom stereocenters. The van der Waals surface area contributed by atoms with Crippen molar-refractivity contribution >= 4 is 12.0 Å². The van der Waals surface area contributed by atoms with Crippen LogP contribution in [0, 0.1) is 0 Å². The molecule has 2 aliphatic heterocycles. The van der Waals surface area contributed by atoms with Crippen LogP contribution in [0.15, 0.2) is 54.2 Å². The Labute approximate surface area is 178 Å². The van der Waals surface area contributed by atoms with Crippen molar-refractivity contribution in [1.82, 2.24) is 20.3 Å². The lowest BCUT2D eigenvalue weighted by Gasteiger charge is -2.32. The van der Waals surface area contributed by atoms with E-state index in [-0.39, 0.29) is 5.97 Å². The molecule has 3 heterocycles. The number of rotatable bonds is 7. The van der Waals surface area contributed by atoms with Gasteiger partial charge in [0.1, 0.15) is 0 Å². The van der Waals surface area contributed by atoms with Gasteiger partial charge in [0.25, 0.3) is 0 Å². The fourth-order valence-corrected chi connectivity index (χ4v) is 4.02. The Bertz CT molecular complexity index is 874. The number of ether oxygens (including phenoxy) is 1. The molecule has 4 rings (SSSR count). The summed E-state index contributed by atoms with van der Waals surface area (Å²) in [6.45, 7) is 6.23. The predicted molar refractivity (Wildman–Crippen MR) is 118 cm³/mol. The van der Waals surface area contributed by atoms with E-state index >= 15 is 0 Å². The minimum Gasteiger partial charge on any atom is -0.465 e. The van der Waals surface area contributed by atoms with E-state index in [9.17, 15) is 4.79 Å². The molecule has 0 spiro atoms. The van der Waals surface area contributed by atoms with Crippen molar-refractivity contribution in [3.05, 3.63) is 71.1 Å². The second-order valence-corrected chi connectivity index (χ2v) is 8.18. The first kappa shape index (κ1) is 20.7. The van der Waals surface area contributed by atoms with Gasteiger partial charge in [0, 0.05) is 38.4 Å². The van der Waals surface area contributed by atoms with E-state index < -0.39 is 0 Å². The van der Waals surface area contributed by atoms with Crippen LogP contribution in [0.2, 0.25) is 0 Å². The normalized spacial score (nSPS) is 22.7. The number of esters is 1. The number of carbonyl (C=O) groups excluding carboxylic acids is 1. The number of hydrogen-bond acceptors (Lipinski definition) is 6. The van der Waals surface area contributed by atoms with Crippen LogP contribution in [0.1, 0.15) is 41.4 Å². The highest BCUT2D eigenvalue weighted by Crippen LogP contribution is 2.26. The van der Waals surface area contributed by atoms with Crippen molar-refractivity contribution < 1.29 is 9.53 Å². The van der Waals surface area contributed by atoms with Gasteiger partial charge in [-0.15, -0.1) is 0 Å². The molecule has 0 amide bonds. The van der Waals surface area contributed by atoms with Gasteiger partial charge >= 0.3 is 5.97 Å². The monoisotopic (exact) mass is 406 g/mol. The number of likely N-dealkylation sites (tertiary alicyclic amines) is 1. The van der Waals surface area contributed by atoms with E-state index in [4.69, 9.17) is 4.74 Å². The first-order valence-corrected chi connectivity index (χ1v) is 10.6. The van der Waals surface area contributed by atoms with Crippen molar-refractivity contribution in [3.63, 3.8) is 0 Å². The van der Waals surface area contributed by atoms with E-state index in [0.717, 1.165) is 44.7 Å². The summed E-state index contributed by atoms with van der Waals surface area (Å²) in [5.74, 6) is -0.344. The van der Waals surface area contributed by atoms with Gasteiger partial charge < -0.3 is 4.74 Å². The van der Waals surface area contributed by atoms with E-state index in [1.807, 2.05) is 6.07 Å². The molecule has 1 aromatic heterocycles. The Hall–Kier alpha value is -2.54. The predicted octanol–water partition coefficient (Wildman–Crippen LogP) is 3.12. The fraction of sp³-hybridized carbons (Fsp3) is 0.417. The highest BCUT2D eigenvalue weighted by Gasteiger charge is 2.37. The van der Waals surface area contributed by atoms with Crippen LogP contribution in [-0.4, -0.2) is 59.7 Å². The molecule has 2 atom stereocenters. The summed E-state index contributed by atoms with van der Waals surface area (Å²) in [6.07, 6.45) is 6.14. The molecule has 1 N–H and O–H groups in total. The number of carbonyl (C=O) groups is 1. The Balaban J connectivity index is 1.20. The van der Waals surface area contributed by atoms with Crippen LogP contribution in [-0.2, 0) is 11.3 Å². The number of benzene rings is 1. The number of piperidine rings is 1. The largest absolute Gasteiger partial charge is 0.465 e. The molecule has 0 aliphatic carbocycles. The smallest absolute Gasteiger partial charge is 0.339 e. The topological polar surface area (TPSA) is 57.5 Å². The minimum absolute atomic E-state index is 0.344. The number of hydrogen-bond donors (Lipinski definition) is 1. The third-order valence-electron chi connectivity index (χ3n) is 5.90. The van der Waals surface area contributed by atoms with E-state index in [1.165, 1.54) is 18.2 Å². The molecule has 2 saturated heterocycles. The Morgan fingerprint density at radius 2 is 1.97 bits per heavy atom. The molecule has 6 heteroatoms. The number of nitrogens with zero attached hydrogens (tertiary/aromatic N) is 3. The second-order valence-electron chi connectivity index (χ2n) is 8.18. The molecule has 30 heavy (non-hydrogen) atoms. The summed E-state index contributed by atoms with van der Waals surface area (Å²) in [5.41, 5.74) is 7.88. The molecule has 158 valence electrons. The summed E-state index contributed by atoms with van der Waals surface area (Å²) < 4.78 is 4.72. The zero-order valence-electron chi connectivity index (χ0n) is 17.8. The van der Waals surface area contributed by atoms with Crippen molar-refractivity contribution in [2.75, 3.05) is 26.7 Å². The first-order valence-electron chi connectivity index (χ1n) is 10.6. The standard InChI is InChI=1S/C24H30N4O2/c1-18(14-19-6-4-3-5-7-19)23-17-28(23)26-21-10-12-27(13-11-21)16-22-9-8-20(15-25-22)24(29)30-2/h3-9,14-15,21,23,26H,10-13,16-17H2,1-2H3/b18-14+/t23-,28?/m0/s1. The van der Waals surface area contributed by atoms with Crippen LogP contribution in [0.4, 0.5) is 0 Å². The molecular weight excluding hydrogens is 376 g/mol. The zero-order chi connectivity index (χ0) is 20.9. The lowest BCUT2D eigenvalue weighted by molar-refractivity contribution is 0.0600. The Kier molecular flexibility index (Phi) is 6.57. The van der Waals surface area contributed by atoms with Crippen molar-refractivity contribution in [2.24, 2.45) is 0 Å². The molecule has 2 aromatic rings. The Morgan fingerprint density at radius 3 is 2.63 bits per heavy atom. The zero-order valence-corrected chi connectivity index (χ0v) is 17.8. The number of aromatic nitrogens is 1. The molecule has 1 aromatic carbocycles. The summed E-state index contributed by atoms with van der Waals surface area (Å²) in [6, 6.07) is 15.3. The van der Waals surface area contributed by atoms with E-state index in [1.54, 1.807) is 12.3 Å². The summed E-state index contributed by atoms with van der Waals surface area (Å²) in [4.78, 5) is 18.4. The Morgan fingerprint density at radius 1 is 1.20 bits per heavy atom. The maximum Gasteiger partial charge on any atom is 0.339 e. The number of methoxy groups -OCH3 is 1. The van der Waals surface area contributed by atoms with Gasteiger partial charge in [0.15, 0.2) is 0 Å². The average Bonchev–Trinajstić information content (AvgIpc) is 3.55. The van der Waals surface area contributed by atoms with Crippen LogP contribution in [0.3, 0.4) is 0 Å². The van der Waals surface area contributed by atoms with Gasteiger partial charge in [-0.1, -0.05) is 42.0 Å². The van der Waals surface area contributed by atoms with Gasteiger partial charge in [-0.05, 0) is 37.5 Å². The lowest BCUT2D eigenvalue weighted by atomic mass is 10.1. The minimum atomic E-state index is -0.344. The van der Waals surface area contributed by atoms with Gasteiger partial charge in [-0.25, -0.2) is 9.80 Å². The van der Waals surface area contributed by atoms with Crippen LogP contribution in [0.5, 0.6) is 0 Å². The van der Waals surface area contributed by atoms with Gasteiger partial charge in [-0.3, -0.25) is 15.3 Å². The molecule has 2 fully saturated rings. The summed E-state index contributed by atoms with van der Waals surface area (Å²) >= 11 is 0. The van der Waals surface area contributed by atoms with Crippen molar-refractivity contribution in [3.8, 4) is 0 Å². The summed E-state index contributed by atoms with van der Waals surface area (Å²) in [5, 5.41) is 2.36. The molecule has 0 bridgehead atoms. The van der Waals surface area contributed by atoms with E-state index in [0.29, 0.717) is 17.6 Å². The van der Waals surface area contributed by atoms with Crippen molar-refractivity contribution in [2.45, 2.75) is 38.4 Å². The molecule has 0 radical (unpaired) electrons. The van der Waals surface area contributed by atoms with E-state index in [2.05, 4.69) is 63.7 Å². The third kappa shape index (κ3) is 5.33. The highest BCUT2D eigenvalue weighted by molar-refractivity contribution is 5.88. The van der Waals surface area contributed by atoms with Crippen molar-refractivity contribution in [1.29, 1.82) is 0 Å². The number of hydrazine groups is 1. The third-order valence-corrected chi connectivity index (χ3v) is 5.90.